The number of likely N-dealkylation sites (tertiary alicyclic amines) is 1. The van der Waals surface area contributed by atoms with Gasteiger partial charge >= 0.3 is 12.1 Å². The molecule has 0 aliphatic carbocycles. The number of nitrogens with zero attached hydrogens (tertiary/aromatic N) is 1. The van der Waals surface area contributed by atoms with Crippen molar-refractivity contribution in [2.75, 3.05) is 24.4 Å². The summed E-state index contributed by atoms with van der Waals surface area (Å²) in [6.07, 6.45) is -2.83. The number of amides is 2. The summed E-state index contributed by atoms with van der Waals surface area (Å²) in [5.74, 6) is -2.29. The van der Waals surface area contributed by atoms with E-state index in [1.807, 2.05) is 0 Å². The number of hydrogen-bond acceptors (Lipinski definition) is 5. The highest BCUT2D eigenvalue weighted by Crippen LogP contribution is 2.21. The van der Waals surface area contributed by atoms with Crippen molar-refractivity contribution in [3.8, 4) is 0 Å². The largest absolute Gasteiger partial charge is 0.490 e. The average Bonchev–Trinajstić information content (AvgIpc) is 2.88. The summed E-state index contributed by atoms with van der Waals surface area (Å²) in [5.41, 5.74) is 0.884. The van der Waals surface area contributed by atoms with Gasteiger partial charge in [-0.1, -0.05) is 32.0 Å². The lowest BCUT2D eigenvalue weighted by Crippen LogP contribution is -2.43. The molecule has 13 heteroatoms. The van der Waals surface area contributed by atoms with E-state index in [0.29, 0.717) is 49.6 Å². The number of nitrogens with one attached hydrogen (secondary N) is 2. The molecule has 1 aliphatic heterocycles. The number of sulfonamides is 1. The number of hydrogen-bond donors (Lipinski definition) is 3. The average molecular weight is 572 g/mol. The van der Waals surface area contributed by atoms with Crippen LogP contribution in [-0.2, 0) is 19.6 Å². The Labute approximate surface area is 225 Å². The van der Waals surface area contributed by atoms with E-state index in [9.17, 15) is 31.2 Å². The van der Waals surface area contributed by atoms with Gasteiger partial charge in [-0.15, -0.1) is 0 Å². The predicted octanol–water partition coefficient (Wildman–Crippen LogP) is 4.14. The van der Waals surface area contributed by atoms with Crippen molar-refractivity contribution in [3.63, 3.8) is 0 Å². The number of carboxylic acid groups (broad SMARTS) is 1. The van der Waals surface area contributed by atoms with E-state index in [2.05, 4.69) is 23.9 Å². The number of anilines is 1. The summed E-state index contributed by atoms with van der Waals surface area (Å²) < 4.78 is 59.1. The molecule has 0 saturated carbocycles. The Morgan fingerprint density at radius 2 is 1.54 bits per heavy atom. The smallest absolute Gasteiger partial charge is 0.475 e. The molecule has 0 spiro atoms. The van der Waals surface area contributed by atoms with Crippen molar-refractivity contribution >= 4 is 33.5 Å². The van der Waals surface area contributed by atoms with Crippen LogP contribution < -0.4 is 10.0 Å². The highest BCUT2D eigenvalue weighted by Gasteiger charge is 2.38. The van der Waals surface area contributed by atoms with E-state index in [-0.39, 0.29) is 22.6 Å². The molecule has 2 aromatic carbocycles. The lowest BCUT2D eigenvalue weighted by molar-refractivity contribution is -0.192. The molecule has 3 rings (SSSR count). The van der Waals surface area contributed by atoms with Crippen molar-refractivity contribution in [1.29, 1.82) is 0 Å². The molecule has 0 bridgehead atoms. The number of rotatable bonds is 8. The van der Waals surface area contributed by atoms with Crippen molar-refractivity contribution in [3.05, 3.63) is 60.2 Å². The van der Waals surface area contributed by atoms with Crippen LogP contribution in [0.25, 0.3) is 0 Å². The van der Waals surface area contributed by atoms with E-state index in [4.69, 9.17) is 9.90 Å². The van der Waals surface area contributed by atoms with Crippen LogP contribution in [0.15, 0.2) is 59.5 Å². The maximum Gasteiger partial charge on any atom is 0.490 e. The predicted molar refractivity (Wildman–Crippen MR) is 138 cm³/mol. The summed E-state index contributed by atoms with van der Waals surface area (Å²) in [5, 5.41) is 10.1. The van der Waals surface area contributed by atoms with Crippen molar-refractivity contribution in [2.45, 2.75) is 44.2 Å². The van der Waals surface area contributed by atoms with Crippen LogP contribution >= 0.6 is 0 Å². The molecular weight excluding hydrogens is 539 g/mol. The number of carbonyl (C=O) groups excluding carboxylic acids is 2. The standard InChI is InChI=1S/C24H31N3O4S.C2HF3O2/c1-18(2)12-15-25-23(28)19-13-16-27(17-14-19)24(29)20-8-10-21(11-9-20)26-32(30,31)22-6-4-3-5-7-22;3-2(4,5)1(6)7/h3-11,18-19,26H,12-17H2,1-2H3,(H,25,28);(H,6,7). The van der Waals surface area contributed by atoms with Gasteiger partial charge in [0.2, 0.25) is 5.91 Å². The zero-order chi connectivity index (χ0) is 29.2. The SMILES string of the molecule is CC(C)CCNC(=O)C1CCN(C(=O)c2ccc(NS(=O)(=O)c3ccccc3)cc2)CC1.O=C(O)C(F)(F)F. The Balaban J connectivity index is 0.000000673. The monoisotopic (exact) mass is 571 g/mol. The number of aliphatic carboxylic acids is 1. The molecule has 9 nitrogen and oxygen atoms in total. The number of halogens is 3. The van der Waals surface area contributed by atoms with Crippen molar-refractivity contribution in [1.82, 2.24) is 10.2 Å². The summed E-state index contributed by atoms with van der Waals surface area (Å²) >= 11 is 0. The molecule has 0 radical (unpaired) electrons. The van der Waals surface area contributed by atoms with E-state index < -0.39 is 22.2 Å². The van der Waals surface area contributed by atoms with Crippen LogP contribution in [0.2, 0.25) is 0 Å². The third-order valence-electron chi connectivity index (χ3n) is 5.85. The van der Waals surface area contributed by atoms with Gasteiger partial charge in [0.15, 0.2) is 0 Å². The fourth-order valence-corrected chi connectivity index (χ4v) is 4.73. The molecule has 1 saturated heterocycles. The zero-order valence-corrected chi connectivity index (χ0v) is 22.4. The normalized spacial score (nSPS) is 14.3. The molecule has 2 amide bonds. The van der Waals surface area contributed by atoms with Crippen LogP contribution in [0, 0.1) is 11.8 Å². The molecule has 214 valence electrons. The highest BCUT2D eigenvalue weighted by molar-refractivity contribution is 7.92. The van der Waals surface area contributed by atoms with Crippen LogP contribution in [0.3, 0.4) is 0 Å². The molecule has 1 fully saturated rings. The van der Waals surface area contributed by atoms with E-state index in [1.165, 1.54) is 12.1 Å². The van der Waals surface area contributed by atoms with Crippen molar-refractivity contribution in [2.24, 2.45) is 11.8 Å². The number of piperidine rings is 1. The molecule has 0 unspecified atom stereocenters. The third-order valence-corrected chi connectivity index (χ3v) is 7.25. The summed E-state index contributed by atoms with van der Waals surface area (Å²) in [6.45, 7) is 6.01. The van der Waals surface area contributed by atoms with Gasteiger partial charge < -0.3 is 15.3 Å². The quantitative estimate of drug-likeness (QED) is 0.436. The minimum Gasteiger partial charge on any atom is -0.475 e. The first kappa shape index (κ1) is 31.6. The molecule has 0 atom stereocenters. The number of benzene rings is 2. The molecular formula is C26H32F3N3O6S. The lowest BCUT2D eigenvalue weighted by atomic mass is 9.95. The van der Waals surface area contributed by atoms with Gasteiger partial charge in [0.05, 0.1) is 4.90 Å². The Kier molecular flexibility index (Phi) is 11.3. The van der Waals surface area contributed by atoms with Crippen molar-refractivity contribution < 1.29 is 41.1 Å². The molecule has 39 heavy (non-hydrogen) atoms. The summed E-state index contributed by atoms with van der Waals surface area (Å²) in [7, 11) is -3.68. The van der Waals surface area contributed by atoms with Gasteiger partial charge in [-0.05, 0) is 61.6 Å². The minimum atomic E-state index is -5.08. The Morgan fingerprint density at radius 1 is 1.00 bits per heavy atom. The first-order chi connectivity index (χ1) is 18.2. The summed E-state index contributed by atoms with van der Waals surface area (Å²) in [6, 6.07) is 14.5. The first-order valence-electron chi connectivity index (χ1n) is 12.3. The lowest BCUT2D eigenvalue weighted by Gasteiger charge is -2.31. The van der Waals surface area contributed by atoms with Gasteiger partial charge in [-0.3, -0.25) is 14.3 Å². The van der Waals surface area contributed by atoms with Gasteiger partial charge in [0.25, 0.3) is 15.9 Å². The highest BCUT2D eigenvalue weighted by atomic mass is 32.2. The van der Waals surface area contributed by atoms with Crippen LogP contribution in [-0.4, -0.2) is 62.0 Å². The fraction of sp³-hybridized carbons (Fsp3) is 0.423. The maximum absolute atomic E-state index is 12.8. The first-order valence-corrected chi connectivity index (χ1v) is 13.7. The van der Waals surface area contributed by atoms with Crippen LogP contribution in [0.1, 0.15) is 43.5 Å². The number of carbonyl (C=O) groups is 3. The number of carboxylic acids is 1. The Bertz CT molecular complexity index is 1210. The van der Waals surface area contributed by atoms with Gasteiger partial charge in [0, 0.05) is 36.8 Å². The molecule has 1 aliphatic rings. The van der Waals surface area contributed by atoms with E-state index >= 15 is 0 Å². The van der Waals surface area contributed by atoms with Gasteiger partial charge in [0.1, 0.15) is 0 Å². The molecule has 2 aromatic rings. The number of alkyl halides is 3. The second kappa shape index (κ2) is 14.0. The maximum atomic E-state index is 12.8. The minimum absolute atomic E-state index is 0.0546. The topological polar surface area (TPSA) is 133 Å². The Morgan fingerprint density at radius 3 is 2.03 bits per heavy atom. The second-order valence-corrected chi connectivity index (χ2v) is 11.0. The summed E-state index contributed by atoms with van der Waals surface area (Å²) in [4.78, 5) is 36.0. The third kappa shape index (κ3) is 10.2. The molecule has 3 N–H and O–H groups in total. The van der Waals surface area contributed by atoms with Gasteiger partial charge in [-0.2, -0.15) is 13.2 Å². The fourth-order valence-electron chi connectivity index (χ4n) is 3.65. The second-order valence-electron chi connectivity index (χ2n) is 9.34. The van der Waals surface area contributed by atoms with Crippen LogP contribution in [0.5, 0.6) is 0 Å². The molecule has 1 heterocycles. The van der Waals surface area contributed by atoms with E-state index in [0.717, 1.165) is 6.42 Å². The van der Waals surface area contributed by atoms with Crippen LogP contribution in [0.4, 0.5) is 18.9 Å². The Hall–Kier alpha value is -3.61. The van der Waals surface area contributed by atoms with Gasteiger partial charge in [-0.25, -0.2) is 13.2 Å². The molecule has 0 aromatic heterocycles. The zero-order valence-electron chi connectivity index (χ0n) is 21.6. The van der Waals surface area contributed by atoms with E-state index in [1.54, 1.807) is 47.4 Å².